The molecule has 0 radical (unpaired) electrons. The number of unbranched alkanes of at least 4 members (excludes halogenated alkanes) is 14. The third kappa shape index (κ3) is 19.7. The molecule has 0 saturated heterocycles. The van der Waals surface area contributed by atoms with Gasteiger partial charge in [-0.15, -0.1) is 11.8 Å². The second-order valence-corrected chi connectivity index (χ2v) is 10.4. The van der Waals surface area contributed by atoms with Gasteiger partial charge in [0.25, 0.3) is 0 Å². The lowest BCUT2D eigenvalue weighted by atomic mass is 10.1. The molecule has 184 valence electrons. The van der Waals surface area contributed by atoms with Gasteiger partial charge in [0.15, 0.2) is 0 Å². The van der Waals surface area contributed by atoms with Crippen LogP contribution in [0.15, 0.2) is 0 Å². The Bertz CT molecular complexity index is 390. The van der Waals surface area contributed by atoms with Crippen LogP contribution in [0.1, 0.15) is 130 Å². The van der Waals surface area contributed by atoms with Crippen molar-refractivity contribution in [2.45, 2.75) is 141 Å². The number of hydrogen-bond acceptors (Lipinski definition) is 5. The first-order valence-electron chi connectivity index (χ1n) is 13.0. The van der Waals surface area contributed by atoms with Crippen molar-refractivity contribution in [2.75, 3.05) is 13.2 Å². The van der Waals surface area contributed by atoms with E-state index in [1.54, 1.807) is 0 Å². The van der Waals surface area contributed by atoms with Gasteiger partial charge >= 0.3 is 11.9 Å². The van der Waals surface area contributed by atoms with Gasteiger partial charge in [0, 0.05) is 0 Å². The minimum atomic E-state index is -0.347. The van der Waals surface area contributed by atoms with Gasteiger partial charge in [-0.1, -0.05) is 104 Å². The van der Waals surface area contributed by atoms with Crippen molar-refractivity contribution < 1.29 is 19.1 Å². The summed E-state index contributed by atoms with van der Waals surface area (Å²) in [6.07, 6.45) is 19.6. The zero-order valence-electron chi connectivity index (χ0n) is 20.9. The molecule has 0 heterocycles. The lowest BCUT2D eigenvalue weighted by Gasteiger charge is -2.16. The van der Waals surface area contributed by atoms with E-state index in [9.17, 15) is 9.59 Å². The van der Waals surface area contributed by atoms with Gasteiger partial charge in [-0.2, -0.15) is 0 Å². The molecule has 31 heavy (non-hydrogen) atoms. The molecule has 0 amide bonds. The fraction of sp³-hybridized carbons (Fsp3) is 0.923. The first-order valence-corrected chi connectivity index (χ1v) is 14.0. The fourth-order valence-corrected chi connectivity index (χ4v) is 4.44. The fourth-order valence-electron chi connectivity index (χ4n) is 3.47. The van der Waals surface area contributed by atoms with E-state index in [4.69, 9.17) is 9.47 Å². The molecule has 0 bridgehead atoms. The van der Waals surface area contributed by atoms with Crippen LogP contribution in [0.3, 0.4) is 0 Å². The first kappa shape index (κ1) is 30.3. The molecule has 0 aromatic rings. The summed E-state index contributed by atoms with van der Waals surface area (Å²) in [6, 6.07) is 0. The van der Waals surface area contributed by atoms with Gasteiger partial charge in [0.2, 0.25) is 0 Å². The minimum absolute atomic E-state index is 0.226. The van der Waals surface area contributed by atoms with E-state index in [-0.39, 0.29) is 22.4 Å². The van der Waals surface area contributed by atoms with Crippen LogP contribution in [0.25, 0.3) is 0 Å². The Hall–Kier alpha value is -0.710. The molecular formula is C26H50O4S. The maximum absolute atomic E-state index is 12.1. The molecule has 4 nitrogen and oxygen atoms in total. The summed E-state index contributed by atoms with van der Waals surface area (Å²) in [6.45, 7) is 9.04. The molecule has 0 spiro atoms. The van der Waals surface area contributed by atoms with E-state index < -0.39 is 0 Å². The standard InChI is InChI=1S/C26H50O4S/c1-5-7-9-11-13-15-17-19-21-29-25(27)23(3)31-24(4)26(28)30-22-20-18-16-14-12-10-8-6-2/h23-24H,5-22H2,1-4H3. The minimum Gasteiger partial charge on any atom is -0.465 e. The molecule has 0 aromatic heterocycles. The van der Waals surface area contributed by atoms with Crippen molar-refractivity contribution in [1.82, 2.24) is 0 Å². The average Bonchev–Trinajstić information content (AvgIpc) is 2.76. The van der Waals surface area contributed by atoms with Gasteiger partial charge in [-0.05, 0) is 26.7 Å². The van der Waals surface area contributed by atoms with Crippen LogP contribution in [-0.4, -0.2) is 35.7 Å². The Labute approximate surface area is 197 Å². The summed E-state index contributed by atoms with van der Waals surface area (Å²) in [5, 5.41) is -0.695. The topological polar surface area (TPSA) is 52.6 Å². The quantitative estimate of drug-likeness (QED) is 0.122. The Morgan fingerprint density at radius 1 is 0.548 bits per heavy atom. The molecular weight excluding hydrogens is 408 g/mol. The van der Waals surface area contributed by atoms with E-state index in [1.165, 1.54) is 88.8 Å². The summed E-state index contributed by atoms with van der Waals surface area (Å²) in [5.74, 6) is -0.452. The highest BCUT2D eigenvalue weighted by Gasteiger charge is 2.23. The van der Waals surface area contributed by atoms with Gasteiger partial charge in [-0.3, -0.25) is 9.59 Å². The number of ether oxygens (including phenoxy) is 2. The lowest BCUT2D eigenvalue weighted by molar-refractivity contribution is -0.142. The largest absolute Gasteiger partial charge is 0.465 e. The van der Waals surface area contributed by atoms with Crippen molar-refractivity contribution in [2.24, 2.45) is 0 Å². The smallest absolute Gasteiger partial charge is 0.318 e. The third-order valence-corrected chi connectivity index (χ3v) is 6.76. The van der Waals surface area contributed by atoms with Crippen LogP contribution >= 0.6 is 11.8 Å². The second kappa shape index (κ2) is 22.5. The summed E-state index contributed by atoms with van der Waals surface area (Å²) in [5.41, 5.74) is 0. The number of esters is 2. The van der Waals surface area contributed by atoms with Gasteiger partial charge in [0.1, 0.15) is 10.5 Å². The molecule has 2 unspecified atom stereocenters. The van der Waals surface area contributed by atoms with Crippen LogP contribution in [-0.2, 0) is 19.1 Å². The Morgan fingerprint density at radius 2 is 0.839 bits per heavy atom. The molecule has 0 rings (SSSR count). The summed E-state index contributed by atoms with van der Waals surface area (Å²) >= 11 is 1.33. The number of thioether (sulfide) groups is 1. The van der Waals surface area contributed by atoms with E-state index in [0.717, 1.165) is 25.7 Å². The zero-order chi connectivity index (χ0) is 23.2. The van der Waals surface area contributed by atoms with Crippen LogP contribution in [0.4, 0.5) is 0 Å². The van der Waals surface area contributed by atoms with E-state index in [1.807, 2.05) is 13.8 Å². The van der Waals surface area contributed by atoms with E-state index >= 15 is 0 Å². The number of carbonyl (C=O) groups is 2. The lowest BCUT2D eigenvalue weighted by Crippen LogP contribution is -2.25. The Balaban J connectivity index is 3.66. The molecule has 0 N–H and O–H groups in total. The number of rotatable bonds is 22. The molecule has 0 fully saturated rings. The predicted octanol–water partition coefficient (Wildman–Crippen LogP) is 7.86. The van der Waals surface area contributed by atoms with Crippen LogP contribution in [0.5, 0.6) is 0 Å². The highest BCUT2D eigenvalue weighted by molar-refractivity contribution is 8.01. The van der Waals surface area contributed by atoms with Crippen LogP contribution in [0, 0.1) is 0 Å². The summed E-state index contributed by atoms with van der Waals surface area (Å²) in [7, 11) is 0. The van der Waals surface area contributed by atoms with Crippen molar-refractivity contribution in [1.29, 1.82) is 0 Å². The normalized spacial score (nSPS) is 13.0. The number of hydrogen-bond donors (Lipinski definition) is 0. The SMILES string of the molecule is CCCCCCCCCCOC(=O)C(C)SC(C)C(=O)OCCCCCCCCCC. The predicted molar refractivity (Wildman–Crippen MR) is 134 cm³/mol. The highest BCUT2D eigenvalue weighted by atomic mass is 32.2. The molecule has 0 aliphatic rings. The Morgan fingerprint density at radius 3 is 1.16 bits per heavy atom. The van der Waals surface area contributed by atoms with Crippen LogP contribution < -0.4 is 0 Å². The van der Waals surface area contributed by atoms with Crippen molar-refractivity contribution in [3.63, 3.8) is 0 Å². The van der Waals surface area contributed by atoms with Gasteiger partial charge in [0.05, 0.1) is 13.2 Å². The monoisotopic (exact) mass is 458 g/mol. The van der Waals surface area contributed by atoms with Gasteiger partial charge in [-0.25, -0.2) is 0 Å². The third-order valence-electron chi connectivity index (χ3n) is 5.56. The van der Waals surface area contributed by atoms with Gasteiger partial charge < -0.3 is 9.47 Å². The average molecular weight is 459 g/mol. The van der Waals surface area contributed by atoms with E-state index in [2.05, 4.69) is 13.8 Å². The van der Waals surface area contributed by atoms with Crippen molar-refractivity contribution in [3.8, 4) is 0 Å². The summed E-state index contributed by atoms with van der Waals surface area (Å²) in [4.78, 5) is 24.3. The zero-order valence-corrected chi connectivity index (χ0v) is 21.7. The molecule has 0 aromatic carbocycles. The molecule has 2 atom stereocenters. The summed E-state index contributed by atoms with van der Waals surface area (Å²) < 4.78 is 10.8. The van der Waals surface area contributed by atoms with Crippen molar-refractivity contribution >= 4 is 23.7 Å². The first-order chi connectivity index (χ1) is 15.0. The maximum Gasteiger partial charge on any atom is 0.318 e. The molecule has 0 saturated carbocycles. The highest BCUT2D eigenvalue weighted by Crippen LogP contribution is 2.20. The van der Waals surface area contributed by atoms with E-state index in [0.29, 0.717) is 13.2 Å². The molecule has 5 heteroatoms. The molecule has 0 aliphatic heterocycles. The van der Waals surface area contributed by atoms with Crippen LogP contribution in [0.2, 0.25) is 0 Å². The maximum atomic E-state index is 12.1. The molecule has 0 aliphatic carbocycles. The Kier molecular flexibility index (Phi) is 22.0. The second-order valence-electron chi connectivity index (χ2n) is 8.71. The van der Waals surface area contributed by atoms with Crippen molar-refractivity contribution in [3.05, 3.63) is 0 Å². The number of carbonyl (C=O) groups excluding carboxylic acids is 2.